The van der Waals surface area contributed by atoms with Crippen LogP contribution in [0.3, 0.4) is 0 Å². The van der Waals surface area contributed by atoms with Crippen LogP contribution in [0.2, 0.25) is 0 Å². The normalized spacial score (nSPS) is 9.61. The van der Waals surface area contributed by atoms with E-state index in [-0.39, 0.29) is 22.2 Å². The average molecular weight is 253 g/mol. The van der Waals surface area contributed by atoms with Gasteiger partial charge in [-0.05, 0) is 12.1 Å². The topological polar surface area (TPSA) is 49.3 Å². The molecule has 0 aromatic heterocycles. The van der Waals surface area contributed by atoms with Crippen molar-refractivity contribution in [3.63, 3.8) is 0 Å². The maximum Gasteiger partial charge on any atom is 0.251 e. The summed E-state index contributed by atoms with van der Waals surface area (Å²) >= 11 is 0. The molecule has 5 heteroatoms. The first kappa shape index (κ1) is 14.1. The molecule has 96 valence electrons. The van der Waals surface area contributed by atoms with Gasteiger partial charge in [-0.15, -0.1) is 0 Å². The molecule has 2 N–H and O–H groups in total. The fourth-order valence-corrected chi connectivity index (χ4v) is 1.64. The molecule has 0 fully saturated rings. The molecule has 0 heterocycles. The second kappa shape index (κ2) is 6.07. The van der Waals surface area contributed by atoms with E-state index in [0.29, 0.717) is 0 Å². The molecule has 0 radical (unpaired) electrons. The summed E-state index contributed by atoms with van der Waals surface area (Å²) in [7, 11) is 2.47. The van der Waals surface area contributed by atoms with Gasteiger partial charge in [0.25, 0.3) is 5.91 Å². The lowest BCUT2D eigenvalue weighted by atomic mass is 10.0. The molecule has 0 aliphatic rings. The Bertz CT molecular complexity index is 570. The van der Waals surface area contributed by atoms with Crippen LogP contribution < -0.4 is 5.32 Å². The van der Waals surface area contributed by atoms with Crippen molar-refractivity contribution in [2.75, 3.05) is 14.2 Å². The number of hydrogen-bond acceptors (Lipinski definition) is 2. The molecule has 0 saturated heterocycles. The van der Waals surface area contributed by atoms with Crippen molar-refractivity contribution in [1.82, 2.24) is 5.32 Å². The summed E-state index contributed by atoms with van der Waals surface area (Å²) in [5.41, 5.74) is 0.262. The van der Waals surface area contributed by atoms with E-state index in [2.05, 4.69) is 5.32 Å². The molecule has 0 unspecified atom stereocenters. The Morgan fingerprint density at radius 3 is 2.44 bits per heavy atom. The zero-order valence-electron chi connectivity index (χ0n) is 10.00. The highest BCUT2D eigenvalue weighted by Crippen LogP contribution is 2.23. The Morgan fingerprint density at radius 1 is 1.17 bits per heavy atom. The van der Waals surface area contributed by atoms with E-state index in [1.807, 2.05) is 0 Å². The minimum Gasteiger partial charge on any atom is -0.400 e. The lowest BCUT2D eigenvalue weighted by Gasteiger charge is -2.06. The number of benzene rings is 2. The summed E-state index contributed by atoms with van der Waals surface area (Å²) in [5.74, 6) is -1.72. The number of amides is 1. The maximum absolute atomic E-state index is 13.4. The first-order valence-electron chi connectivity index (χ1n) is 5.18. The van der Waals surface area contributed by atoms with E-state index in [1.54, 1.807) is 6.07 Å². The Labute approximate surface area is 103 Å². The van der Waals surface area contributed by atoms with E-state index in [0.717, 1.165) is 19.2 Å². The Balaban J connectivity index is 0.000000771. The Hall–Kier alpha value is -2.01. The SMILES string of the molecule is CNC(=O)c1cccc2c(F)cc(F)cc12.CO. The standard InChI is InChI=1S/C12H9F2NO.CH4O/c1-15-12(16)9-4-2-3-8-10(9)5-7(13)6-11(8)14;1-2/h2-6H,1H3,(H,15,16);2H,1H3. The highest BCUT2D eigenvalue weighted by molar-refractivity contribution is 6.07. The van der Waals surface area contributed by atoms with Crippen LogP contribution >= 0.6 is 0 Å². The molecule has 0 saturated carbocycles. The molecular formula is C13H13F2NO2. The molecule has 2 aromatic rings. The predicted octanol–water partition coefficient (Wildman–Crippen LogP) is 2.09. The number of fused-ring (bicyclic) bond motifs is 1. The van der Waals surface area contributed by atoms with Crippen LogP contribution in [-0.4, -0.2) is 25.2 Å². The predicted molar refractivity (Wildman–Crippen MR) is 65.4 cm³/mol. The van der Waals surface area contributed by atoms with Gasteiger partial charge in [-0.3, -0.25) is 4.79 Å². The lowest BCUT2D eigenvalue weighted by molar-refractivity contribution is 0.0964. The summed E-state index contributed by atoms with van der Waals surface area (Å²) in [6.45, 7) is 0. The largest absolute Gasteiger partial charge is 0.400 e. The van der Waals surface area contributed by atoms with Crippen LogP contribution in [-0.2, 0) is 0 Å². The number of aliphatic hydroxyl groups is 1. The highest BCUT2D eigenvalue weighted by Gasteiger charge is 2.11. The second-order valence-electron chi connectivity index (χ2n) is 3.37. The number of aliphatic hydroxyl groups excluding tert-OH is 1. The van der Waals surface area contributed by atoms with Crippen molar-refractivity contribution >= 4 is 16.7 Å². The van der Waals surface area contributed by atoms with E-state index in [9.17, 15) is 13.6 Å². The highest BCUT2D eigenvalue weighted by atomic mass is 19.1. The van der Waals surface area contributed by atoms with Crippen molar-refractivity contribution in [2.24, 2.45) is 0 Å². The third kappa shape index (κ3) is 2.62. The molecule has 18 heavy (non-hydrogen) atoms. The van der Waals surface area contributed by atoms with Crippen LogP contribution in [0.4, 0.5) is 8.78 Å². The Kier molecular flexibility index (Phi) is 4.74. The fraction of sp³-hybridized carbons (Fsp3) is 0.154. The van der Waals surface area contributed by atoms with Crippen molar-refractivity contribution < 1.29 is 18.7 Å². The lowest BCUT2D eigenvalue weighted by Crippen LogP contribution is -2.18. The molecule has 2 aromatic carbocycles. The average Bonchev–Trinajstić information content (AvgIpc) is 2.39. The van der Waals surface area contributed by atoms with Crippen molar-refractivity contribution in [2.45, 2.75) is 0 Å². The zero-order chi connectivity index (χ0) is 13.7. The van der Waals surface area contributed by atoms with Gasteiger partial charge in [0.15, 0.2) is 0 Å². The molecule has 0 aliphatic heterocycles. The molecule has 0 spiro atoms. The number of hydrogen-bond donors (Lipinski definition) is 2. The molecule has 3 nitrogen and oxygen atoms in total. The van der Waals surface area contributed by atoms with Gasteiger partial charge in [0, 0.05) is 36.6 Å². The third-order valence-electron chi connectivity index (χ3n) is 2.38. The van der Waals surface area contributed by atoms with Gasteiger partial charge in [-0.25, -0.2) is 8.78 Å². The van der Waals surface area contributed by atoms with Gasteiger partial charge in [0.2, 0.25) is 0 Å². The van der Waals surface area contributed by atoms with Crippen LogP contribution in [0.15, 0.2) is 30.3 Å². The molecule has 0 bridgehead atoms. The quantitative estimate of drug-likeness (QED) is 0.817. The minimum atomic E-state index is -0.693. The minimum absolute atomic E-state index is 0.238. The van der Waals surface area contributed by atoms with E-state index in [1.165, 1.54) is 19.2 Å². The van der Waals surface area contributed by atoms with Gasteiger partial charge in [-0.1, -0.05) is 12.1 Å². The smallest absolute Gasteiger partial charge is 0.251 e. The summed E-state index contributed by atoms with van der Waals surface area (Å²) < 4.78 is 26.5. The number of carbonyl (C=O) groups excluding carboxylic acids is 1. The molecule has 0 atom stereocenters. The molecule has 0 aliphatic carbocycles. The van der Waals surface area contributed by atoms with Gasteiger partial charge < -0.3 is 10.4 Å². The zero-order valence-corrected chi connectivity index (χ0v) is 10.00. The molecule has 2 rings (SSSR count). The van der Waals surface area contributed by atoms with E-state index < -0.39 is 11.6 Å². The maximum atomic E-state index is 13.4. The second-order valence-corrected chi connectivity index (χ2v) is 3.37. The van der Waals surface area contributed by atoms with Crippen LogP contribution in [0.5, 0.6) is 0 Å². The summed E-state index contributed by atoms with van der Waals surface area (Å²) in [4.78, 5) is 11.5. The first-order valence-corrected chi connectivity index (χ1v) is 5.18. The van der Waals surface area contributed by atoms with Crippen molar-refractivity contribution in [3.8, 4) is 0 Å². The van der Waals surface area contributed by atoms with Crippen LogP contribution in [0.25, 0.3) is 10.8 Å². The number of carbonyl (C=O) groups is 1. The van der Waals surface area contributed by atoms with Gasteiger partial charge in [0.1, 0.15) is 11.6 Å². The van der Waals surface area contributed by atoms with Gasteiger partial charge in [0.05, 0.1) is 0 Å². The number of nitrogens with one attached hydrogen (secondary N) is 1. The van der Waals surface area contributed by atoms with Gasteiger partial charge in [-0.2, -0.15) is 0 Å². The van der Waals surface area contributed by atoms with Crippen LogP contribution in [0.1, 0.15) is 10.4 Å². The summed E-state index contributed by atoms with van der Waals surface area (Å²) in [6.07, 6.45) is 0. The molecule has 1 amide bonds. The van der Waals surface area contributed by atoms with Gasteiger partial charge >= 0.3 is 0 Å². The fourth-order valence-electron chi connectivity index (χ4n) is 1.64. The summed E-state index contributed by atoms with van der Waals surface area (Å²) in [5, 5.41) is 9.94. The molecular weight excluding hydrogens is 240 g/mol. The number of halogens is 2. The summed E-state index contributed by atoms with van der Waals surface area (Å²) in [6, 6.07) is 6.56. The van der Waals surface area contributed by atoms with E-state index >= 15 is 0 Å². The number of rotatable bonds is 1. The third-order valence-corrected chi connectivity index (χ3v) is 2.38. The van der Waals surface area contributed by atoms with Crippen LogP contribution in [0, 0.1) is 11.6 Å². The van der Waals surface area contributed by atoms with Crippen molar-refractivity contribution in [3.05, 3.63) is 47.5 Å². The monoisotopic (exact) mass is 253 g/mol. The first-order chi connectivity index (χ1) is 8.63. The van der Waals surface area contributed by atoms with E-state index in [4.69, 9.17) is 5.11 Å². The Morgan fingerprint density at radius 2 is 1.83 bits per heavy atom. The van der Waals surface area contributed by atoms with Crippen molar-refractivity contribution in [1.29, 1.82) is 0 Å².